The fraction of sp³-hybridized carbons (Fsp3) is 0.312. The number of hydrogen-bond donors (Lipinski definition) is 2. The molecular weight excluding hydrogens is 346 g/mol. The van der Waals surface area contributed by atoms with Crippen molar-refractivity contribution in [2.75, 3.05) is 18.5 Å². The molecule has 2 rings (SSSR count). The Balaban J connectivity index is 2.43. The van der Waals surface area contributed by atoms with Gasteiger partial charge in [-0.1, -0.05) is 0 Å². The van der Waals surface area contributed by atoms with Crippen molar-refractivity contribution >= 4 is 23.7 Å². The molecule has 0 spiro atoms. The number of carbonyl (C=O) groups excluding carboxylic acids is 3. The Hall–Kier alpha value is -3.43. The van der Waals surface area contributed by atoms with Gasteiger partial charge in [0.25, 0.3) is 11.5 Å². The van der Waals surface area contributed by atoms with E-state index in [-0.39, 0.29) is 41.7 Å². The van der Waals surface area contributed by atoms with E-state index in [1.165, 1.54) is 13.0 Å². The number of anilines is 1. The molecule has 0 saturated carbocycles. The van der Waals surface area contributed by atoms with E-state index in [9.17, 15) is 19.2 Å². The van der Waals surface area contributed by atoms with E-state index in [2.05, 4.69) is 15.5 Å². The van der Waals surface area contributed by atoms with Gasteiger partial charge >= 0.3 is 11.9 Å². The van der Waals surface area contributed by atoms with E-state index in [0.717, 1.165) is 6.07 Å². The summed E-state index contributed by atoms with van der Waals surface area (Å²) >= 11 is 0. The number of carbonyl (C=O) groups is 3. The summed E-state index contributed by atoms with van der Waals surface area (Å²) in [4.78, 5) is 47.7. The second-order valence-electron chi connectivity index (χ2n) is 4.94. The van der Waals surface area contributed by atoms with Gasteiger partial charge in [-0.25, -0.2) is 14.7 Å². The number of aromatic amines is 1. The van der Waals surface area contributed by atoms with Crippen LogP contribution in [0.3, 0.4) is 0 Å². The second-order valence-corrected chi connectivity index (χ2v) is 4.94. The smallest absolute Gasteiger partial charge is 0.344 e. The molecule has 2 aromatic heterocycles. The van der Waals surface area contributed by atoms with Crippen molar-refractivity contribution in [3.63, 3.8) is 0 Å². The van der Waals surface area contributed by atoms with E-state index in [4.69, 9.17) is 13.9 Å². The molecule has 0 aliphatic heterocycles. The zero-order valence-electron chi connectivity index (χ0n) is 14.4. The predicted molar refractivity (Wildman–Crippen MR) is 88.2 cm³/mol. The molecule has 2 N–H and O–H groups in total. The molecule has 1 amide bonds. The molecule has 0 radical (unpaired) electrons. The molecule has 2 aromatic rings. The molecule has 0 fully saturated rings. The standard InChI is InChI=1S/C16H17N3O7/c1-4-24-15(22)11-8(3)26-14(12(11)16(23)25-5-2)17-13(21)9-6-7-10(20)19-18-9/h6-7H,4-5H2,1-3H3,(H,17,21)(H,19,20). The van der Waals surface area contributed by atoms with Crippen molar-refractivity contribution in [3.05, 3.63) is 45.1 Å². The fourth-order valence-electron chi connectivity index (χ4n) is 2.12. The van der Waals surface area contributed by atoms with Crippen LogP contribution < -0.4 is 10.9 Å². The van der Waals surface area contributed by atoms with Crippen LogP contribution in [0.2, 0.25) is 0 Å². The number of aromatic nitrogens is 2. The Bertz CT molecular complexity index is 877. The van der Waals surface area contributed by atoms with E-state index in [0.29, 0.717) is 0 Å². The number of rotatable bonds is 6. The SMILES string of the molecule is CCOC(=O)c1c(C)oc(NC(=O)c2ccc(=O)[nH]n2)c1C(=O)OCC. The molecule has 0 aromatic carbocycles. The molecule has 0 bridgehead atoms. The minimum absolute atomic E-state index is 0.0557. The van der Waals surface area contributed by atoms with Gasteiger partial charge in [0, 0.05) is 6.07 Å². The van der Waals surface area contributed by atoms with Gasteiger partial charge in [-0.05, 0) is 26.8 Å². The van der Waals surface area contributed by atoms with Crippen LogP contribution in [-0.4, -0.2) is 41.3 Å². The molecule has 0 aliphatic carbocycles. The number of hydrogen-bond acceptors (Lipinski definition) is 8. The van der Waals surface area contributed by atoms with Gasteiger partial charge in [0.1, 0.15) is 22.6 Å². The molecule has 0 unspecified atom stereocenters. The van der Waals surface area contributed by atoms with Crippen molar-refractivity contribution in [2.45, 2.75) is 20.8 Å². The number of esters is 2. The maximum Gasteiger partial charge on any atom is 0.344 e. The number of H-pyrrole nitrogens is 1. The first kappa shape index (κ1) is 18.9. The summed E-state index contributed by atoms with van der Waals surface area (Å²) < 4.78 is 15.2. The average Bonchev–Trinajstić information content (AvgIpc) is 2.92. The predicted octanol–water partition coefficient (Wildman–Crippen LogP) is 1.28. The Kier molecular flexibility index (Phi) is 5.89. The van der Waals surface area contributed by atoms with Crippen LogP contribution >= 0.6 is 0 Å². The molecule has 138 valence electrons. The van der Waals surface area contributed by atoms with E-state index >= 15 is 0 Å². The topological polar surface area (TPSA) is 141 Å². The first-order valence-electron chi connectivity index (χ1n) is 7.73. The molecule has 26 heavy (non-hydrogen) atoms. The Labute approximate surface area is 147 Å². The van der Waals surface area contributed by atoms with E-state index < -0.39 is 23.4 Å². The lowest BCUT2D eigenvalue weighted by molar-refractivity contribution is 0.0480. The normalized spacial score (nSPS) is 10.3. The largest absolute Gasteiger partial charge is 0.462 e. The number of nitrogens with zero attached hydrogens (tertiary/aromatic N) is 1. The van der Waals surface area contributed by atoms with Gasteiger partial charge in [-0.2, -0.15) is 5.10 Å². The lowest BCUT2D eigenvalue weighted by Crippen LogP contribution is -2.20. The van der Waals surface area contributed by atoms with Gasteiger partial charge in [-0.3, -0.25) is 14.9 Å². The molecule has 2 heterocycles. The molecule has 0 atom stereocenters. The number of ether oxygens (including phenoxy) is 2. The highest BCUT2D eigenvalue weighted by molar-refractivity contribution is 6.11. The van der Waals surface area contributed by atoms with Gasteiger partial charge in [0.2, 0.25) is 5.88 Å². The highest BCUT2D eigenvalue weighted by atomic mass is 16.5. The van der Waals surface area contributed by atoms with Gasteiger partial charge in [0.05, 0.1) is 13.2 Å². The third-order valence-electron chi connectivity index (χ3n) is 3.18. The van der Waals surface area contributed by atoms with E-state index in [1.807, 2.05) is 0 Å². The van der Waals surface area contributed by atoms with Gasteiger partial charge in [0.15, 0.2) is 0 Å². The zero-order chi connectivity index (χ0) is 19.3. The van der Waals surface area contributed by atoms with Crippen molar-refractivity contribution in [1.82, 2.24) is 10.2 Å². The minimum atomic E-state index is -0.850. The monoisotopic (exact) mass is 363 g/mol. The minimum Gasteiger partial charge on any atom is -0.462 e. The molecule has 10 nitrogen and oxygen atoms in total. The highest BCUT2D eigenvalue weighted by Gasteiger charge is 2.31. The summed E-state index contributed by atoms with van der Waals surface area (Å²) in [5.74, 6) is -2.58. The number of aryl methyl sites for hydroxylation is 1. The molecule has 10 heteroatoms. The maximum absolute atomic E-state index is 12.3. The molecular formula is C16H17N3O7. The van der Waals surface area contributed by atoms with Crippen molar-refractivity contribution in [2.24, 2.45) is 0 Å². The van der Waals surface area contributed by atoms with Crippen LogP contribution in [0.1, 0.15) is 50.8 Å². The summed E-state index contributed by atoms with van der Waals surface area (Å²) in [6.45, 7) is 4.80. The van der Waals surface area contributed by atoms with E-state index in [1.54, 1.807) is 13.8 Å². The maximum atomic E-state index is 12.3. The first-order valence-corrected chi connectivity index (χ1v) is 7.73. The Morgan fingerprint density at radius 3 is 2.27 bits per heavy atom. The lowest BCUT2D eigenvalue weighted by atomic mass is 10.1. The number of furan rings is 1. The number of amides is 1. The molecule has 0 saturated heterocycles. The van der Waals surface area contributed by atoms with Gasteiger partial charge in [-0.15, -0.1) is 0 Å². The second kappa shape index (κ2) is 8.10. The number of nitrogens with one attached hydrogen (secondary N) is 2. The Morgan fingerprint density at radius 1 is 1.12 bits per heavy atom. The van der Waals surface area contributed by atoms with Crippen LogP contribution in [0.5, 0.6) is 0 Å². The van der Waals surface area contributed by atoms with Crippen molar-refractivity contribution < 1.29 is 28.3 Å². The van der Waals surface area contributed by atoms with Crippen LogP contribution in [-0.2, 0) is 9.47 Å². The van der Waals surface area contributed by atoms with Crippen molar-refractivity contribution in [3.8, 4) is 0 Å². The summed E-state index contributed by atoms with van der Waals surface area (Å²) in [7, 11) is 0. The summed E-state index contributed by atoms with van der Waals surface area (Å²) in [6.07, 6.45) is 0. The van der Waals surface area contributed by atoms with Crippen LogP contribution in [0.25, 0.3) is 0 Å². The lowest BCUT2D eigenvalue weighted by Gasteiger charge is -2.06. The average molecular weight is 363 g/mol. The van der Waals surface area contributed by atoms with Crippen LogP contribution in [0, 0.1) is 6.92 Å². The summed E-state index contributed by atoms with van der Waals surface area (Å²) in [6, 6.07) is 2.31. The summed E-state index contributed by atoms with van der Waals surface area (Å²) in [5.41, 5.74) is -0.978. The zero-order valence-corrected chi connectivity index (χ0v) is 14.4. The molecule has 0 aliphatic rings. The van der Waals surface area contributed by atoms with Crippen molar-refractivity contribution in [1.29, 1.82) is 0 Å². The third-order valence-corrected chi connectivity index (χ3v) is 3.18. The first-order chi connectivity index (χ1) is 12.4. The quantitative estimate of drug-likeness (QED) is 0.731. The van der Waals surface area contributed by atoms with Gasteiger partial charge < -0.3 is 13.9 Å². The van der Waals surface area contributed by atoms with Crippen LogP contribution in [0.4, 0.5) is 5.88 Å². The highest BCUT2D eigenvalue weighted by Crippen LogP contribution is 2.29. The summed E-state index contributed by atoms with van der Waals surface area (Å²) in [5, 5.41) is 8.04. The third kappa shape index (κ3) is 3.97. The fourth-order valence-corrected chi connectivity index (χ4v) is 2.12. The van der Waals surface area contributed by atoms with Crippen LogP contribution in [0.15, 0.2) is 21.3 Å². The Morgan fingerprint density at radius 2 is 1.73 bits per heavy atom.